The van der Waals surface area contributed by atoms with E-state index in [1.807, 2.05) is 36.4 Å². The van der Waals surface area contributed by atoms with Crippen molar-refractivity contribution in [2.45, 2.75) is 31.7 Å². The molecule has 37 heavy (non-hydrogen) atoms. The Morgan fingerprint density at radius 1 is 1.19 bits per heavy atom. The molecule has 2 N–H and O–H groups in total. The van der Waals surface area contributed by atoms with Crippen LogP contribution < -0.4 is 10.6 Å². The van der Waals surface area contributed by atoms with Crippen molar-refractivity contribution >= 4 is 11.7 Å². The number of ether oxygens (including phenoxy) is 1. The second-order valence-corrected chi connectivity index (χ2v) is 10.1. The molecule has 0 spiro atoms. The zero-order valence-corrected chi connectivity index (χ0v) is 21.1. The Bertz CT molecular complexity index is 1190. The molecule has 3 atom stereocenters. The van der Waals surface area contributed by atoms with Crippen LogP contribution in [0, 0.1) is 17.7 Å². The number of halogens is 1. The first-order valence-electron chi connectivity index (χ1n) is 13.0. The summed E-state index contributed by atoms with van der Waals surface area (Å²) in [6.45, 7) is 4.23. The molecule has 2 fully saturated rings. The highest BCUT2D eigenvalue weighted by molar-refractivity contribution is 5.90. The van der Waals surface area contributed by atoms with Crippen molar-refractivity contribution in [1.82, 2.24) is 30.4 Å². The fraction of sp³-hybridized carbons (Fsp3) is 0.481. The number of nitrogens with one attached hydrogen (secondary N) is 2. The number of urea groups is 1. The van der Waals surface area contributed by atoms with Crippen molar-refractivity contribution in [1.29, 1.82) is 0 Å². The van der Waals surface area contributed by atoms with Gasteiger partial charge in [0.2, 0.25) is 0 Å². The summed E-state index contributed by atoms with van der Waals surface area (Å²) in [6, 6.07) is 14.2. The van der Waals surface area contributed by atoms with Crippen LogP contribution in [0.2, 0.25) is 0 Å². The van der Waals surface area contributed by atoms with Crippen LogP contribution in [0.4, 0.5) is 14.9 Å². The van der Waals surface area contributed by atoms with Gasteiger partial charge in [-0.25, -0.2) is 13.9 Å². The summed E-state index contributed by atoms with van der Waals surface area (Å²) >= 11 is 0. The third kappa shape index (κ3) is 6.69. The van der Waals surface area contributed by atoms with Gasteiger partial charge in [0.15, 0.2) is 5.82 Å². The minimum atomic E-state index is -0.224. The van der Waals surface area contributed by atoms with E-state index in [-0.39, 0.29) is 23.8 Å². The van der Waals surface area contributed by atoms with Gasteiger partial charge in [-0.3, -0.25) is 0 Å². The predicted octanol–water partition coefficient (Wildman–Crippen LogP) is 3.50. The molecule has 3 heterocycles. The van der Waals surface area contributed by atoms with E-state index < -0.39 is 0 Å². The van der Waals surface area contributed by atoms with Crippen LogP contribution >= 0.6 is 0 Å². The smallest absolute Gasteiger partial charge is 0.319 e. The molecule has 1 aromatic heterocycles. The number of carbonyl (C=O) groups is 1. The number of carbonyl (C=O) groups excluding carboxylic acids is 1. The first-order valence-corrected chi connectivity index (χ1v) is 13.0. The molecule has 2 amide bonds. The van der Waals surface area contributed by atoms with E-state index in [1.165, 1.54) is 12.0 Å². The van der Waals surface area contributed by atoms with Gasteiger partial charge in [0.25, 0.3) is 0 Å². The minimum absolute atomic E-state index is 0.0392. The van der Waals surface area contributed by atoms with E-state index in [0.29, 0.717) is 30.6 Å². The normalized spacial score (nSPS) is 22.5. The Labute approximate surface area is 216 Å². The molecule has 0 bridgehead atoms. The summed E-state index contributed by atoms with van der Waals surface area (Å²) in [5.41, 5.74) is 2.70. The number of benzene rings is 2. The lowest BCUT2D eigenvalue weighted by Crippen LogP contribution is -2.51. The Balaban J connectivity index is 1.16. The minimum Gasteiger partial charge on any atom is -0.381 e. The number of hydrogen-bond donors (Lipinski definition) is 2. The molecule has 2 saturated heterocycles. The van der Waals surface area contributed by atoms with Gasteiger partial charge in [-0.05, 0) is 78.4 Å². The largest absolute Gasteiger partial charge is 0.381 e. The molecule has 10 heteroatoms. The summed E-state index contributed by atoms with van der Waals surface area (Å²) in [4.78, 5) is 15.4. The van der Waals surface area contributed by atoms with E-state index in [0.717, 1.165) is 44.5 Å². The summed E-state index contributed by atoms with van der Waals surface area (Å²) < 4.78 is 20.7. The monoisotopic (exact) mass is 507 g/mol. The van der Waals surface area contributed by atoms with Crippen LogP contribution in [0.3, 0.4) is 0 Å². The molecule has 196 valence electrons. The third-order valence-corrected chi connectivity index (χ3v) is 7.32. The number of hydrogen-bond acceptors (Lipinski definition) is 6. The maximum atomic E-state index is 13.3. The third-order valence-electron chi connectivity index (χ3n) is 7.32. The van der Waals surface area contributed by atoms with Crippen molar-refractivity contribution in [2.24, 2.45) is 18.9 Å². The van der Waals surface area contributed by atoms with Crippen molar-refractivity contribution in [3.63, 3.8) is 0 Å². The highest BCUT2D eigenvalue weighted by Crippen LogP contribution is 2.25. The fourth-order valence-electron chi connectivity index (χ4n) is 5.48. The second kappa shape index (κ2) is 11.8. The topological polar surface area (TPSA) is 97.2 Å². The van der Waals surface area contributed by atoms with E-state index in [1.54, 1.807) is 23.9 Å². The molecular formula is C27H34FN7O2. The van der Waals surface area contributed by atoms with E-state index in [9.17, 15) is 9.18 Å². The van der Waals surface area contributed by atoms with Crippen molar-refractivity contribution < 1.29 is 13.9 Å². The van der Waals surface area contributed by atoms with Crippen LogP contribution in [-0.2, 0) is 18.2 Å². The number of aryl methyl sites for hydroxylation is 1. The summed E-state index contributed by atoms with van der Waals surface area (Å²) in [5.74, 6) is 1.21. The lowest BCUT2D eigenvalue weighted by molar-refractivity contribution is 0.0134. The molecule has 0 saturated carbocycles. The molecular weight excluding hydrogens is 473 g/mol. The van der Waals surface area contributed by atoms with Crippen LogP contribution in [0.25, 0.3) is 11.4 Å². The molecule has 0 unspecified atom stereocenters. The average Bonchev–Trinajstić information content (AvgIpc) is 3.33. The Hall–Kier alpha value is -3.37. The molecule has 2 aliphatic rings. The Kier molecular flexibility index (Phi) is 8.05. The maximum absolute atomic E-state index is 13.3. The lowest BCUT2D eigenvalue weighted by atomic mass is 9.89. The fourth-order valence-corrected chi connectivity index (χ4v) is 5.48. The Morgan fingerprint density at radius 2 is 2.05 bits per heavy atom. The number of aromatic nitrogens is 4. The highest BCUT2D eigenvalue weighted by Gasteiger charge is 2.31. The molecule has 0 radical (unpaired) electrons. The van der Waals surface area contributed by atoms with Gasteiger partial charge in [-0.15, -0.1) is 5.10 Å². The zero-order valence-electron chi connectivity index (χ0n) is 21.1. The van der Waals surface area contributed by atoms with Gasteiger partial charge in [0.1, 0.15) is 5.82 Å². The highest BCUT2D eigenvalue weighted by atomic mass is 19.1. The van der Waals surface area contributed by atoms with E-state index in [2.05, 4.69) is 31.1 Å². The van der Waals surface area contributed by atoms with Gasteiger partial charge in [0, 0.05) is 50.0 Å². The van der Waals surface area contributed by atoms with E-state index in [4.69, 9.17) is 4.74 Å². The summed E-state index contributed by atoms with van der Waals surface area (Å²) in [7, 11) is 1.78. The number of anilines is 1. The second-order valence-electron chi connectivity index (χ2n) is 10.1. The maximum Gasteiger partial charge on any atom is 0.319 e. The number of amides is 2. The number of tetrazole rings is 1. The van der Waals surface area contributed by atoms with Crippen molar-refractivity contribution in [2.75, 3.05) is 38.2 Å². The quantitative estimate of drug-likeness (QED) is 0.508. The summed E-state index contributed by atoms with van der Waals surface area (Å²) in [6.07, 6.45) is 4.08. The lowest BCUT2D eigenvalue weighted by Gasteiger charge is -2.39. The standard InChI is InChI=1S/C27H34FN7O2/c1-34-26(31-32-33-34)21-5-2-6-24(15-21)29-27(36)30-25-11-13-37-18-22(25)17-35-12-3-4-20(16-35)14-19-7-9-23(28)10-8-19/h2,5-10,15,20,22,25H,3-4,11-14,16-18H2,1H3,(H2,29,30,36)/t20-,22-,25+/m0/s1. The average molecular weight is 508 g/mol. The van der Waals surface area contributed by atoms with E-state index >= 15 is 0 Å². The first-order chi connectivity index (χ1) is 18.0. The molecule has 3 aromatic rings. The molecule has 2 aromatic carbocycles. The van der Waals surface area contributed by atoms with Crippen LogP contribution in [0.5, 0.6) is 0 Å². The van der Waals surface area contributed by atoms with Gasteiger partial charge in [-0.2, -0.15) is 0 Å². The number of likely N-dealkylation sites (tertiary alicyclic amines) is 1. The van der Waals surface area contributed by atoms with Gasteiger partial charge >= 0.3 is 6.03 Å². The first kappa shape index (κ1) is 25.3. The van der Waals surface area contributed by atoms with Gasteiger partial charge in [-0.1, -0.05) is 24.3 Å². The number of nitrogens with zero attached hydrogens (tertiary/aromatic N) is 5. The van der Waals surface area contributed by atoms with Crippen LogP contribution in [-0.4, -0.2) is 70.0 Å². The number of rotatable bonds is 7. The molecule has 9 nitrogen and oxygen atoms in total. The SMILES string of the molecule is Cn1nnnc1-c1cccc(NC(=O)N[C@@H]2CCOC[C@@H]2CN2CCC[C@@H](Cc3ccc(F)cc3)C2)c1. The predicted molar refractivity (Wildman–Crippen MR) is 138 cm³/mol. The van der Waals surface area contributed by atoms with Crippen LogP contribution in [0.1, 0.15) is 24.8 Å². The van der Waals surface area contributed by atoms with Gasteiger partial charge in [0.05, 0.1) is 6.61 Å². The van der Waals surface area contributed by atoms with Gasteiger partial charge < -0.3 is 20.3 Å². The Morgan fingerprint density at radius 3 is 2.86 bits per heavy atom. The van der Waals surface area contributed by atoms with Crippen molar-refractivity contribution in [3.8, 4) is 11.4 Å². The summed E-state index contributed by atoms with van der Waals surface area (Å²) in [5, 5.41) is 17.7. The molecule has 0 aliphatic carbocycles. The molecule has 5 rings (SSSR count). The zero-order chi connectivity index (χ0) is 25.6. The van der Waals surface area contributed by atoms with Crippen molar-refractivity contribution in [3.05, 3.63) is 59.9 Å². The van der Waals surface area contributed by atoms with Crippen LogP contribution in [0.15, 0.2) is 48.5 Å². The number of piperidine rings is 1. The molecule has 2 aliphatic heterocycles.